The predicted octanol–water partition coefficient (Wildman–Crippen LogP) is 2.69. The van der Waals surface area contributed by atoms with E-state index in [1.165, 1.54) is 24.9 Å². The van der Waals surface area contributed by atoms with Crippen molar-refractivity contribution in [2.75, 3.05) is 31.1 Å². The van der Waals surface area contributed by atoms with Crippen LogP contribution >= 0.6 is 0 Å². The zero-order valence-electron chi connectivity index (χ0n) is 13.2. The first-order valence-electron chi connectivity index (χ1n) is 8.28. The summed E-state index contributed by atoms with van der Waals surface area (Å²) in [5.41, 5.74) is 1.19. The van der Waals surface area contributed by atoms with E-state index in [1.807, 2.05) is 12.4 Å². The molecule has 1 aromatic heterocycles. The van der Waals surface area contributed by atoms with Crippen molar-refractivity contribution < 1.29 is 4.74 Å². The van der Waals surface area contributed by atoms with E-state index in [2.05, 4.69) is 35.1 Å². The van der Waals surface area contributed by atoms with E-state index in [1.54, 1.807) is 0 Å². The van der Waals surface area contributed by atoms with Crippen LogP contribution in [0.5, 0.6) is 5.75 Å². The number of ether oxygens (including phenoxy) is 1. The lowest BCUT2D eigenvalue weighted by Crippen LogP contribution is -2.43. The van der Waals surface area contributed by atoms with Crippen LogP contribution in [0.15, 0.2) is 18.5 Å². The van der Waals surface area contributed by atoms with Crippen LogP contribution < -0.4 is 15.0 Å². The summed E-state index contributed by atoms with van der Waals surface area (Å²) >= 11 is 0. The van der Waals surface area contributed by atoms with Gasteiger partial charge in [0.15, 0.2) is 0 Å². The first-order valence-corrected chi connectivity index (χ1v) is 8.28. The summed E-state index contributed by atoms with van der Waals surface area (Å²) in [6.45, 7) is 8.85. The number of nitrogens with one attached hydrogen (secondary N) is 1. The number of piperazine rings is 1. The fraction of sp³-hybridized carbons (Fsp3) is 0.706. The highest BCUT2D eigenvalue weighted by atomic mass is 16.5. The van der Waals surface area contributed by atoms with E-state index in [0.29, 0.717) is 6.10 Å². The number of anilines is 1. The van der Waals surface area contributed by atoms with E-state index in [4.69, 9.17) is 4.74 Å². The highest BCUT2D eigenvalue weighted by molar-refractivity contribution is 5.48. The lowest BCUT2D eigenvalue weighted by atomic mass is 9.82. The smallest absolute Gasteiger partial charge is 0.140 e. The van der Waals surface area contributed by atoms with E-state index < -0.39 is 0 Å². The van der Waals surface area contributed by atoms with Gasteiger partial charge in [-0.1, -0.05) is 13.8 Å². The van der Waals surface area contributed by atoms with Crippen LogP contribution in [0.1, 0.15) is 33.1 Å². The van der Waals surface area contributed by atoms with Gasteiger partial charge in [-0.25, -0.2) is 0 Å². The number of hydrogen-bond donors (Lipinski definition) is 1. The van der Waals surface area contributed by atoms with E-state index in [-0.39, 0.29) is 0 Å². The largest absolute Gasteiger partial charge is 0.489 e. The molecule has 0 radical (unpaired) electrons. The third kappa shape index (κ3) is 3.88. The second-order valence-electron chi connectivity index (χ2n) is 6.77. The lowest BCUT2D eigenvalue weighted by molar-refractivity contribution is 0.101. The van der Waals surface area contributed by atoms with Gasteiger partial charge >= 0.3 is 0 Å². The third-order valence-corrected chi connectivity index (χ3v) is 4.62. The van der Waals surface area contributed by atoms with Crippen molar-refractivity contribution in [3.05, 3.63) is 18.5 Å². The molecule has 2 atom stereocenters. The molecule has 1 aliphatic heterocycles. The van der Waals surface area contributed by atoms with Gasteiger partial charge in [0.2, 0.25) is 0 Å². The Balaban J connectivity index is 1.65. The molecule has 0 aromatic carbocycles. The van der Waals surface area contributed by atoms with Gasteiger partial charge in [0, 0.05) is 32.2 Å². The minimum absolute atomic E-state index is 0.351. The number of nitrogens with zero attached hydrogens (tertiary/aromatic N) is 2. The number of pyridine rings is 1. The normalized spacial score (nSPS) is 30.2. The minimum atomic E-state index is 0.351. The van der Waals surface area contributed by atoms with E-state index in [0.717, 1.165) is 43.8 Å². The predicted molar refractivity (Wildman–Crippen MR) is 85.9 cm³/mol. The van der Waals surface area contributed by atoms with Crippen molar-refractivity contribution >= 4 is 5.69 Å². The van der Waals surface area contributed by atoms with Crippen LogP contribution in [0.2, 0.25) is 0 Å². The first kappa shape index (κ1) is 14.6. The molecule has 1 aromatic rings. The van der Waals surface area contributed by atoms with Crippen molar-refractivity contribution in [2.45, 2.75) is 39.2 Å². The van der Waals surface area contributed by atoms with Gasteiger partial charge in [0.05, 0.1) is 24.2 Å². The van der Waals surface area contributed by atoms with Crippen LogP contribution in [0.4, 0.5) is 5.69 Å². The Hall–Kier alpha value is -1.29. The molecule has 0 spiro atoms. The molecule has 3 rings (SSSR count). The minimum Gasteiger partial charge on any atom is -0.489 e. The van der Waals surface area contributed by atoms with Crippen molar-refractivity contribution in [1.29, 1.82) is 0 Å². The average molecular weight is 289 g/mol. The van der Waals surface area contributed by atoms with Crippen molar-refractivity contribution in [3.63, 3.8) is 0 Å². The van der Waals surface area contributed by atoms with Crippen LogP contribution in [-0.4, -0.2) is 37.3 Å². The van der Waals surface area contributed by atoms with Gasteiger partial charge in [-0.2, -0.15) is 0 Å². The molecule has 1 saturated carbocycles. The molecular formula is C17H27N3O. The standard InChI is InChI=1S/C17H27N3O/c1-13-7-14(2)9-16(8-13)21-17-10-15(11-19-12-17)20-5-3-18-4-6-20/h10-14,16,18H,3-9H2,1-2H3. The molecule has 4 heteroatoms. The molecule has 2 fully saturated rings. The fourth-order valence-corrected chi connectivity index (χ4v) is 3.73. The highest BCUT2D eigenvalue weighted by Gasteiger charge is 2.25. The molecule has 2 heterocycles. The topological polar surface area (TPSA) is 37.4 Å². The maximum Gasteiger partial charge on any atom is 0.140 e. The zero-order valence-corrected chi connectivity index (χ0v) is 13.2. The molecule has 1 N–H and O–H groups in total. The summed E-state index contributed by atoms with van der Waals surface area (Å²) in [7, 11) is 0. The Bertz CT molecular complexity index is 449. The Morgan fingerprint density at radius 1 is 1.10 bits per heavy atom. The van der Waals surface area contributed by atoms with Gasteiger partial charge in [0.25, 0.3) is 0 Å². The Kier molecular flexibility index (Phi) is 4.63. The SMILES string of the molecule is CC1CC(C)CC(Oc2cncc(N3CCNCC3)c2)C1. The number of aromatic nitrogens is 1. The van der Waals surface area contributed by atoms with Crippen molar-refractivity contribution in [2.24, 2.45) is 11.8 Å². The Labute approximate surface area is 127 Å². The van der Waals surface area contributed by atoms with E-state index >= 15 is 0 Å². The highest BCUT2D eigenvalue weighted by Crippen LogP contribution is 2.31. The monoisotopic (exact) mass is 289 g/mol. The molecular weight excluding hydrogens is 262 g/mol. The summed E-state index contributed by atoms with van der Waals surface area (Å²) in [6.07, 6.45) is 7.83. The summed E-state index contributed by atoms with van der Waals surface area (Å²) in [4.78, 5) is 6.75. The van der Waals surface area contributed by atoms with Crippen molar-refractivity contribution in [3.8, 4) is 5.75 Å². The summed E-state index contributed by atoms with van der Waals surface area (Å²) in [5.74, 6) is 2.46. The fourth-order valence-electron chi connectivity index (χ4n) is 3.73. The van der Waals surface area contributed by atoms with E-state index in [9.17, 15) is 0 Å². The quantitative estimate of drug-likeness (QED) is 0.928. The molecule has 116 valence electrons. The van der Waals surface area contributed by atoms with Crippen LogP contribution in [0.3, 0.4) is 0 Å². The van der Waals surface area contributed by atoms with Gasteiger partial charge in [0.1, 0.15) is 5.75 Å². The summed E-state index contributed by atoms with van der Waals surface area (Å²) in [6, 6.07) is 2.16. The number of rotatable bonds is 3. The molecule has 1 aliphatic carbocycles. The lowest BCUT2D eigenvalue weighted by Gasteiger charge is -2.32. The maximum atomic E-state index is 6.22. The summed E-state index contributed by atoms with van der Waals surface area (Å²) in [5, 5.41) is 3.38. The molecule has 1 saturated heterocycles. The average Bonchev–Trinajstić information content (AvgIpc) is 2.47. The zero-order chi connectivity index (χ0) is 14.7. The van der Waals surface area contributed by atoms with Crippen molar-refractivity contribution in [1.82, 2.24) is 10.3 Å². The number of hydrogen-bond acceptors (Lipinski definition) is 4. The molecule has 21 heavy (non-hydrogen) atoms. The van der Waals surface area contributed by atoms with Gasteiger partial charge in [-0.15, -0.1) is 0 Å². The van der Waals surface area contributed by atoms with Gasteiger partial charge in [-0.05, 0) is 31.1 Å². The van der Waals surface area contributed by atoms with Gasteiger partial charge in [-0.3, -0.25) is 4.98 Å². The van der Waals surface area contributed by atoms with Gasteiger partial charge < -0.3 is 15.0 Å². The Morgan fingerprint density at radius 2 is 1.81 bits per heavy atom. The van der Waals surface area contributed by atoms with Crippen LogP contribution in [-0.2, 0) is 0 Å². The molecule has 4 nitrogen and oxygen atoms in total. The Morgan fingerprint density at radius 3 is 2.52 bits per heavy atom. The maximum absolute atomic E-state index is 6.22. The molecule has 0 amide bonds. The summed E-state index contributed by atoms with van der Waals surface area (Å²) < 4.78 is 6.22. The molecule has 0 bridgehead atoms. The van der Waals surface area contributed by atoms with Crippen LogP contribution in [0, 0.1) is 11.8 Å². The molecule has 2 aliphatic rings. The van der Waals surface area contributed by atoms with Crippen LogP contribution in [0.25, 0.3) is 0 Å². The third-order valence-electron chi connectivity index (χ3n) is 4.62. The second kappa shape index (κ2) is 6.65. The first-order chi connectivity index (χ1) is 10.2. The second-order valence-corrected chi connectivity index (χ2v) is 6.77. The molecule has 2 unspecified atom stereocenters.